The van der Waals surface area contributed by atoms with Crippen LogP contribution in [0, 0.1) is 0 Å². The van der Waals surface area contributed by atoms with E-state index in [-0.39, 0.29) is 11.9 Å². The monoisotopic (exact) mass is 239 g/mol. The van der Waals surface area contributed by atoms with Gasteiger partial charge in [-0.1, -0.05) is 13.8 Å². The standard InChI is InChI=1S/C12H21N3O2/c1-3-12(4-2)10(16)13-11(17)15(12)9-14-7-5-6-8-14/h3-9H2,1-2H3,(H,13,16,17). The summed E-state index contributed by atoms with van der Waals surface area (Å²) in [6, 6.07) is -0.231. The van der Waals surface area contributed by atoms with Gasteiger partial charge in [0.2, 0.25) is 0 Å². The van der Waals surface area contributed by atoms with E-state index < -0.39 is 5.54 Å². The first-order valence-electron chi connectivity index (χ1n) is 6.49. The molecule has 0 radical (unpaired) electrons. The predicted molar refractivity (Wildman–Crippen MR) is 64.4 cm³/mol. The molecule has 2 saturated heterocycles. The Balaban J connectivity index is 2.16. The molecule has 2 rings (SSSR count). The van der Waals surface area contributed by atoms with Crippen molar-refractivity contribution in [3.05, 3.63) is 0 Å². The molecule has 2 fully saturated rings. The van der Waals surface area contributed by atoms with E-state index in [1.807, 2.05) is 13.8 Å². The highest BCUT2D eigenvalue weighted by Gasteiger charge is 2.50. The molecule has 2 aliphatic rings. The fourth-order valence-corrected chi connectivity index (χ4v) is 2.87. The second-order valence-corrected chi connectivity index (χ2v) is 4.89. The lowest BCUT2D eigenvalue weighted by molar-refractivity contribution is -0.127. The maximum absolute atomic E-state index is 12.0. The molecular formula is C12H21N3O2. The van der Waals surface area contributed by atoms with Gasteiger partial charge in [0.05, 0.1) is 6.67 Å². The minimum Gasteiger partial charge on any atom is -0.297 e. The van der Waals surface area contributed by atoms with Gasteiger partial charge in [0.1, 0.15) is 5.54 Å². The number of nitrogens with zero attached hydrogens (tertiary/aromatic N) is 2. The van der Waals surface area contributed by atoms with Crippen LogP contribution in [0.2, 0.25) is 0 Å². The molecule has 0 unspecified atom stereocenters. The molecule has 0 aromatic rings. The number of urea groups is 1. The number of carbonyl (C=O) groups is 2. The number of carbonyl (C=O) groups excluding carboxylic acids is 2. The number of likely N-dealkylation sites (tertiary alicyclic amines) is 1. The maximum atomic E-state index is 12.0. The molecular weight excluding hydrogens is 218 g/mol. The van der Waals surface area contributed by atoms with E-state index in [0.717, 1.165) is 13.1 Å². The summed E-state index contributed by atoms with van der Waals surface area (Å²) in [4.78, 5) is 27.8. The number of imide groups is 1. The molecule has 5 nitrogen and oxygen atoms in total. The Hall–Kier alpha value is -1.10. The van der Waals surface area contributed by atoms with Crippen LogP contribution in [-0.2, 0) is 4.79 Å². The molecule has 0 aliphatic carbocycles. The van der Waals surface area contributed by atoms with Crippen molar-refractivity contribution < 1.29 is 9.59 Å². The average molecular weight is 239 g/mol. The van der Waals surface area contributed by atoms with Crippen LogP contribution in [0.25, 0.3) is 0 Å². The summed E-state index contributed by atoms with van der Waals surface area (Å²) < 4.78 is 0. The highest BCUT2D eigenvalue weighted by atomic mass is 16.2. The van der Waals surface area contributed by atoms with E-state index in [0.29, 0.717) is 19.5 Å². The fraction of sp³-hybridized carbons (Fsp3) is 0.833. The molecule has 0 bridgehead atoms. The Morgan fingerprint density at radius 2 is 1.76 bits per heavy atom. The van der Waals surface area contributed by atoms with E-state index in [1.165, 1.54) is 12.8 Å². The minimum absolute atomic E-state index is 0.133. The van der Waals surface area contributed by atoms with Crippen LogP contribution < -0.4 is 5.32 Å². The Morgan fingerprint density at radius 3 is 2.29 bits per heavy atom. The molecule has 2 aliphatic heterocycles. The summed E-state index contributed by atoms with van der Waals surface area (Å²) in [5.74, 6) is -0.133. The first-order chi connectivity index (χ1) is 8.14. The highest BCUT2D eigenvalue weighted by Crippen LogP contribution is 2.29. The van der Waals surface area contributed by atoms with Crippen molar-refractivity contribution in [3.8, 4) is 0 Å². The normalized spacial score (nSPS) is 24.5. The Morgan fingerprint density at radius 1 is 1.18 bits per heavy atom. The first kappa shape index (κ1) is 12.4. The van der Waals surface area contributed by atoms with Crippen molar-refractivity contribution in [2.24, 2.45) is 0 Å². The van der Waals surface area contributed by atoms with E-state index in [1.54, 1.807) is 4.90 Å². The molecule has 0 atom stereocenters. The Kier molecular flexibility index (Phi) is 3.38. The lowest BCUT2D eigenvalue weighted by atomic mass is 9.91. The SMILES string of the molecule is CCC1(CC)C(=O)NC(=O)N1CN1CCCC1. The van der Waals surface area contributed by atoms with Crippen LogP contribution in [-0.4, -0.2) is 47.0 Å². The second kappa shape index (κ2) is 4.64. The van der Waals surface area contributed by atoms with Crippen LogP contribution in [0.3, 0.4) is 0 Å². The smallest absolute Gasteiger partial charge is 0.297 e. The molecule has 2 heterocycles. The second-order valence-electron chi connectivity index (χ2n) is 4.89. The lowest BCUT2D eigenvalue weighted by Gasteiger charge is -2.36. The van der Waals surface area contributed by atoms with Crippen LogP contribution in [0.1, 0.15) is 39.5 Å². The largest absolute Gasteiger partial charge is 0.326 e. The average Bonchev–Trinajstić information content (AvgIpc) is 2.89. The molecule has 5 heteroatoms. The highest BCUT2D eigenvalue weighted by molar-refractivity contribution is 6.06. The third kappa shape index (κ3) is 1.92. The van der Waals surface area contributed by atoms with Gasteiger partial charge >= 0.3 is 6.03 Å². The van der Waals surface area contributed by atoms with Gasteiger partial charge in [0.25, 0.3) is 5.91 Å². The zero-order chi connectivity index (χ0) is 12.5. The summed E-state index contributed by atoms with van der Waals surface area (Å²) >= 11 is 0. The summed E-state index contributed by atoms with van der Waals surface area (Å²) in [6.07, 6.45) is 3.73. The van der Waals surface area contributed by atoms with Crippen LogP contribution >= 0.6 is 0 Å². The summed E-state index contributed by atoms with van der Waals surface area (Å²) in [5.41, 5.74) is -0.625. The van der Waals surface area contributed by atoms with Crippen molar-refractivity contribution in [2.75, 3.05) is 19.8 Å². The van der Waals surface area contributed by atoms with Crippen molar-refractivity contribution in [2.45, 2.75) is 45.1 Å². The van der Waals surface area contributed by atoms with Crippen molar-refractivity contribution in [1.29, 1.82) is 0 Å². The minimum atomic E-state index is -0.625. The van der Waals surface area contributed by atoms with Crippen LogP contribution in [0.15, 0.2) is 0 Å². The third-order valence-corrected chi connectivity index (χ3v) is 4.11. The van der Waals surface area contributed by atoms with Crippen molar-refractivity contribution >= 4 is 11.9 Å². The fourth-order valence-electron chi connectivity index (χ4n) is 2.87. The number of hydrogen-bond donors (Lipinski definition) is 1. The summed E-state index contributed by atoms with van der Waals surface area (Å²) in [5, 5.41) is 2.45. The summed E-state index contributed by atoms with van der Waals surface area (Å²) in [6.45, 7) is 6.58. The van der Waals surface area contributed by atoms with E-state index >= 15 is 0 Å². The van der Waals surface area contributed by atoms with Gasteiger partial charge in [0.15, 0.2) is 0 Å². The zero-order valence-electron chi connectivity index (χ0n) is 10.7. The van der Waals surface area contributed by atoms with Gasteiger partial charge in [0, 0.05) is 0 Å². The van der Waals surface area contributed by atoms with Gasteiger partial charge < -0.3 is 0 Å². The van der Waals surface area contributed by atoms with Crippen molar-refractivity contribution in [3.63, 3.8) is 0 Å². The summed E-state index contributed by atoms with van der Waals surface area (Å²) in [7, 11) is 0. The zero-order valence-corrected chi connectivity index (χ0v) is 10.7. The van der Waals surface area contributed by atoms with E-state index in [2.05, 4.69) is 10.2 Å². The molecule has 0 spiro atoms. The van der Waals surface area contributed by atoms with Gasteiger partial charge in [-0.25, -0.2) is 4.79 Å². The number of amides is 3. The number of nitrogens with one attached hydrogen (secondary N) is 1. The molecule has 3 amide bonds. The van der Waals surface area contributed by atoms with E-state index in [4.69, 9.17) is 0 Å². The van der Waals surface area contributed by atoms with Crippen LogP contribution in [0.5, 0.6) is 0 Å². The first-order valence-corrected chi connectivity index (χ1v) is 6.49. The van der Waals surface area contributed by atoms with Gasteiger partial charge in [-0.05, 0) is 38.8 Å². The van der Waals surface area contributed by atoms with E-state index in [9.17, 15) is 9.59 Å². The maximum Gasteiger partial charge on any atom is 0.326 e. The topological polar surface area (TPSA) is 52.7 Å². The number of hydrogen-bond acceptors (Lipinski definition) is 3. The number of rotatable bonds is 4. The third-order valence-electron chi connectivity index (χ3n) is 4.11. The predicted octanol–water partition coefficient (Wildman–Crippen LogP) is 1.15. The van der Waals surface area contributed by atoms with Crippen molar-refractivity contribution in [1.82, 2.24) is 15.1 Å². The lowest BCUT2D eigenvalue weighted by Crippen LogP contribution is -2.52. The Labute approximate surface area is 102 Å². The Bertz CT molecular complexity index is 320. The molecule has 0 saturated carbocycles. The van der Waals surface area contributed by atoms with Gasteiger partial charge in [-0.15, -0.1) is 0 Å². The van der Waals surface area contributed by atoms with Crippen LogP contribution in [0.4, 0.5) is 4.79 Å². The molecule has 1 N–H and O–H groups in total. The molecule has 0 aromatic carbocycles. The quantitative estimate of drug-likeness (QED) is 0.749. The molecule has 0 aromatic heterocycles. The molecule has 17 heavy (non-hydrogen) atoms. The van der Waals surface area contributed by atoms with Gasteiger partial charge in [-0.3, -0.25) is 19.9 Å². The molecule has 96 valence electrons. The van der Waals surface area contributed by atoms with Gasteiger partial charge in [-0.2, -0.15) is 0 Å².